The molecule has 2 rings (SSSR count). The van der Waals surface area contributed by atoms with Crippen LogP contribution in [0.1, 0.15) is 25.0 Å². The van der Waals surface area contributed by atoms with Crippen molar-refractivity contribution in [3.05, 3.63) is 53.6 Å². The fourth-order valence-corrected chi connectivity index (χ4v) is 2.39. The monoisotopic (exact) mass is 326 g/mol. The Hall–Kier alpha value is -2.49. The van der Waals surface area contributed by atoms with E-state index in [2.05, 4.69) is 24.5 Å². The van der Waals surface area contributed by atoms with Gasteiger partial charge in [0.05, 0.1) is 13.2 Å². The fraction of sp³-hybridized carbons (Fsp3) is 0.350. The molecule has 0 aliphatic rings. The Bertz CT molecular complexity index is 676. The Labute approximate surface area is 144 Å². The van der Waals surface area contributed by atoms with Crippen molar-refractivity contribution in [1.82, 2.24) is 0 Å². The van der Waals surface area contributed by atoms with Gasteiger partial charge in [0.25, 0.3) is 0 Å². The third-order valence-electron chi connectivity index (χ3n) is 3.61. The summed E-state index contributed by atoms with van der Waals surface area (Å²) in [6, 6.07) is 13.6. The maximum absolute atomic E-state index is 12.2. The van der Waals surface area contributed by atoms with Gasteiger partial charge in [0.15, 0.2) is 0 Å². The van der Waals surface area contributed by atoms with Crippen molar-refractivity contribution in [2.45, 2.75) is 27.7 Å². The van der Waals surface area contributed by atoms with Crippen molar-refractivity contribution >= 4 is 17.3 Å². The summed E-state index contributed by atoms with van der Waals surface area (Å²) in [7, 11) is 0. The van der Waals surface area contributed by atoms with Crippen LogP contribution in [-0.4, -0.2) is 19.1 Å². The second-order valence-corrected chi connectivity index (χ2v) is 6.40. The van der Waals surface area contributed by atoms with Gasteiger partial charge in [-0.15, -0.1) is 0 Å². The number of hydrogen-bond donors (Lipinski definition) is 2. The highest BCUT2D eigenvalue weighted by atomic mass is 16.5. The lowest BCUT2D eigenvalue weighted by Gasteiger charge is -2.13. The first-order valence-electron chi connectivity index (χ1n) is 8.28. The molecule has 0 spiro atoms. The Morgan fingerprint density at radius 2 is 1.75 bits per heavy atom. The van der Waals surface area contributed by atoms with E-state index < -0.39 is 0 Å². The molecule has 2 N–H and O–H groups in total. The van der Waals surface area contributed by atoms with Gasteiger partial charge in [-0.1, -0.05) is 38.1 Å². The van der Waals surface area contributed by atoms with Crippen LogP contribution in [-0.2, 0) is 4.79 Å². The molecule has 0 radical (unpaired) electrons. The molecule has 0 heterocycles. The van der Waals surface area contributed by atoms with Crippen LogP contribution in [0.3, 0.4) is 0 Å². The van der Waals surface area contributed by atoms with Crippen LogP contribution in [0.15, 0.2) is 42.5 Å². The Morgan fingerprint density at radius 3 is 2.42 bits per heavy atom. The first-order chi connectivity index (χ1) is 11.5. The lowest BCUT2D eigenvalue weighted by molar-refractivity contribution is -0.114. The zero-order valence-electron chi connectivity index (χ0n) is 14.8. The topological polar surface area (TPSA) is 50.4 Å². The standard InChI is InChI=1S/C20H26N2O2/c1-14(2)13-24-18-10-6-9-17(11-18)22-19(23)12-21-20-15(3)7-5-8-16(20)4/h5-11,14,21H,12-13H2,1-4H3,(H,22,23). The molecule has 2 aromatic rings. The zero-order chi connectivity index (χ0) is 17.5. The van der Waals surface area contributed by atoms with Gasteiger partial charge in [-0.25, -0.2) is 0 Å². The molecule has 0 unspecified atom stereocenters. The predicted molar refractivity (Wildman–Crippen MR) is 99.8 cm³/mol. The maximum Gasteiger partial charge on any atom is 0.243 e. The maximum atomic E-state index is 12.2. The molecule has 0 saturated carbocycles. The van der Waals surface area contributed by atoms with Crippen molar-refractivity contribution in [2.75, 3.05) is 23.8 Å². The van der Waals surface area contributed by atoms with Crippen molar-refractivity contribution in [2.24, 2.45) is 5.92 Å². The highest BCUT2D eigenvalue weighted by molar-refractivity contribution is 5.94. The molecule has 0 bridgehead atoms. The van der Waals surface area contributed by atoms with E-state index in [1.807, 2.05) is 56.3 Å². The molecule has 0 aliphatic heterocycles. The van der Waals surface area contributed by atoms with Gasteiger partial charge in [0.2, 0.25) is 5.91 Å². The number of rotatable bonds is 7. The molecule has 0 saturated heterocycles. The summed E-state index contributed by atoms with van der Waals surface area (Å²) in [5.74, 6) is 1.15. The van der Waals surface area contributed by atoms with E-state index >= 15 is 0 Å². The number of carbonyl (C=O) groups excluding carboxylic acids is 1. The quantitative estimate of drug-likeness (QED) is 0.793. The summed E-state index contributed by atoms with van der Waals surface area (Å²) in [5.41, 5.74) is 4.02. The van der Waals surface area contributed by atoms with Crippen LogP contribution < -0.4 is 15.4 Å². The van der Waals surface area contributed by atoms with Crippen LogP contribution in [0.2, 0.25) is 0 Å². The van der Waals surface area contributed by atoms with Gasteiger partial charge in [-0.3, -0.25) is 4.79 Å². The van der Waals surface area contributed by atoms with Crippen molar-refractivity contribution in [1.29, 1.82) is 0 Å². The molecule has 4 nitrogen and oxygen atoms in total. The van der Waals surface area contributed by atoms with Crippen molar-refractivity contribution in [3.63, 3.8) is 0 Å². The lowest BCUT2D eigenvalue weighted by atomic mass is 10.1. The van der Waals surface area contributed by atoms with Gasteiger partial charge in [-0.05, 0) is 43.0 Å². The van der Waals surface area contributed by atoms with Gasteiger partial charge < -0.3 is 15.4 Å². The third-order valence-corrected chi connectivity index (χ3v) is 3.61. The molecule has 1 amide bonds. The van der Waals surface area contributed by atoms with Crippen LogP contribution in [0.4, 0.5) is 11.4 Å². The lowest BCUT2D eigenvalue weighted by Crippen LogP contribution is -2.22. The molecular weight excluding hydrogens is 300 g/mol. The first-order valence-corrected chi connectivity index (χ1v) is 8.28. The highest BCUT2D eigenvalue weighted by Crippen LogP contribution is 2.20. The number of carbonyl (C=O) groups is 1. The second kappa shape index (κ2) is 8.39. The molecule has 128 valence electrons. The number of amides is 1. The molecule has 0 aliphatic carbocycles. The van der Waals surface area contributed by atoms with E-state index in [0.29, 0.717) is 12.5 Å². The van der Waals surface area contributed by atoms with E-state index in [9.17, 15) is 4.79 Å². The van der Waals surface area contributed by atoms with E-state index in [1.165, 1.54) is 0 Å². The normalized spacial score (nSPS) is 10.5. The number of nitrogens with one attached hydrogen (secondary N) is 2. The largest absolute Gasteiger partial charge is 0.493 e. The molecular formula is C20H26N2O2. The average molecular weight is 326 g/mol. The Balaban J connectivity index is 1.91. The summed E-state index contributed by atoms with van der Waals surface area (Å²) >= 11 is 0. The molecule has 0 atom stereocenters. The SMILES string of the molecule is Cc1cccc(C)c1NCC(=O)Nc1cccc(OCC(C)C)c1. The van der Waals surface area contributed by atoms with E-state index in [-0.39, 0.29) is 12.5 Å². The fourth-order valence-electron chi connectivity index (χ4n) is 2.39. The third kappa shape index (κ3) is 5.30. The van der Waals surface area contributed by atoms with Gasteiger partial charge in [-0.2, -0.15) is 0 Å². The second-order valence-electron chi connectivity index (χ2n) is 6.40. The molecule has 0 aromatic heterocycles. The molecule has 24 heavy (non-hydrogen) atoms. The minimum absolute atomic E-state index is 0.0846. The number of benzene rings is 2. The summed E-state index contributed by atoms with van der Waals surface area (Å²) < 4.78 is 5.68. The van der Waals surface area contributed by atoms with E-state index in [4.69, 9.17) is 4.74 Å². The van der Waals surface area contributed by atoms with Crippen LogP contribution in [0, 0.1) is 19.8 Å². The number of aryl methyl sites for hydroxylation is 2. The number of anilines is 2. The summed E-state index contributed by atoms with van der Waals surface area (Å²) in [6.45, 7) is 9.15. The van der Waals surface area contributed by atoms with Crippen LogP contribution in [0.25, 0.3) is 0 Å². The summed E-state index contributed by atoms with van der Waals surface area (Å²) in [4.78, 5) is 12.2. The first kappa shape index (κ1) is 17.9. The number of hydrogen-bond acceptors (Lipinski definition) is 3. The molecule has 4 heteroatoms. The zero-order valence-corrected chi connectivity index (χ0v) is 14.8. The summed E-state index contributed by atoms with van der Waals surface area (Å²) in [5, 5.41) is 6.11. The predicted octanol–water partition coefficient (Wildman–Crippen LogP) is 4.39. The summed E-state index contributed by atoms with van der Waals surface area (Å²) in [6.07, 6.45) is 0. The van der Waals surface area contributed by atoms with Gasteiger partial charge in [0, 0.05) is 17.4 Å². The molecule has 2 aromatic carbocycles. The van der Waals surface area contributed by atoms with E-state index in [1.54, 1.807) is 0 Å². The smallest absolute Gasteiger partial charge is 0.243 e. The van der Waals surface area contributed by atoms with Crippen LogP contribution in [0.5, 0.6) is 5.75 Å². The van der Waals surface area contributed by atoms with Crippen molar-refractivity contribution < 1.29 is 9.53 Å². The molecule has 0 fully saturated rings. The Morgan fingerprint density at radius 1 is 1.08 bits per heavy atom. The van der Waals surface area contributed by atoms with Gasteiger partial charge >= 0.3 is 0 Å². The average Bonchev–Trinajstić information content (AvgIpc) is 2.53. The van der Waals surface area contributed by atoms with Crippen LogP contribution >= 0.6 is 0 Å². The number of ether oxygens (including phenoxy) is 1. The number of para-hydroxylation sites is 1. The minimum Gasteiger partial charge on any atom is -0.493 e. The Kier molecular flexibility index (Phi) is 6.24. The highest BCUT2D eigenvalue weighted by Gasteiger charge is 2.06. The van der Waals surface area contributed by atoms with Gasteiger partial charge in [0.1, 0.15) is 5.75 Å². The van der Waals surface area contributed by atoms with Crippen molar-refractivity contribution in [3.8, 4) is 5.75 Å². The van der Waals surface area contributed by atoms with E-state index in [0.717, 1.165) is 28.3 Å². The minimum atomic E-state index is -0.0846.